The van der Waals surface area contributed by atoms with Gasteiger partial charge in [0.25, 0.3) is 5.91 Å². The van der Waals surface area contributed by atoms with E-state index in [1.54, 1.807) is 31.7 Å². The molecule has 0 radical (unpaired) electrons. The van der Waals surface area contributed by atoms with Gasteiger partial charge in [-0.05, 0) is 61.3 Å². The van der Waals surface area contributed by atoms with E-state index < -0.39 is 15.6 Å². The van der Waals surface area contributed by atoms with Crippen molar-refractivity contribution in [1.82, 2.24) is 9.62 Å². The second-order valence-corrected chi connectivity index (χ2v) is 8.68. The Hall–Kier alpha value is -0.920. The van der Waals surface area contributed by atoms with Crippen LogP contribution in [0.1, 0.15) is 37.6 Å². The number of sulfonamides is 1. The molecule has 1 aromatic carbocycles. The quantitative estimate of drug-likeness (QED) is 0.882. The van der Waals surface area contributed by atoms with Gasteiger partial charge in [0.2, 0.25) is 10.0 Å². The second-order valence-electron chi connectivity index (χ2n) is 6.14. The van der Waals surface area contributed by atoms with Gasteiger partial charge in [0.1, 0.15) is 0 Å². The first-order valence-corrected chi connectivity index (χ1v) is 9.00. The van der Waals surface area contributed by atoms with E-state index in [-0.39, 0.29) is 10.8 Å². The first kappa shape index (κ1) is 16.5. The molecule has 21 heavy (non-hydrogen) atoms. The lowest BCUT2D eigenvalue weighted by Crippen LogP contribution is -2.42. The monoisotopic (exact) mass is 374 g/mol. The normalized spacial score (nSPS) is 15.7. The zero-order chi connectivity index (χ0) is 15.8. The van der Waals surface area contributed by atoms with Crippen molar-refractivity contribution in [2.75, 3.05) is 13.1 Å². The topological polar surface area (TPSA) is 66.5 Å². The number of nitrogens with zero attached hydrogens (tertiary/aromatic N) is 1. The van der Waals surface area contributed by atoms with Crippen LogP contribution in [0.25, 0.3) is 0 Å². The Morgan fingerprint density at radius 2 is 1.90 bits per heavy atom. The first-order chi connectivity index (χ1) is 9.60. The summed E-state index contributed by atoms with van der Waals surface area (Å²) in [6.07, 6.45) is 0.993. The number of amides is 1. The van der Waals surface area contributed by atoms with Gasteiger partial charge < -0.3 is 4.90 Å². The van der Waals surface area contributed by atoms with E-state index in [4.69, 9.17) is 0 Å². The minimum atomic E-state index is -3.65. The zero-order valence-corrected chi connectivity index (χ0v) is 14.7. The summed E-state index contributed by atoms with van der Waals surface area (Å²) in [5.41, 5.74) is -0.195. The van der Waals surface area contributed by atoms with Crippen molar-refractivity contribution >= 4 is 31.9 Å². The standard InChI is InChI=1S/C14H19BrN2O3S/c1-14(2,3)16-21(19,20)10-5-6-12(15)11(9-10)13(18)17-7-4-8-17/h5-6,9,16H,4,7-8H2,1-3H3. The smallest absolute Gasteiger partial charge is 0.255 e. The zero-order valence-electron chi connectivity index (χ0n) is 12.3. The third-order valence-corrected chi connectivity index (χ3v) is 5.51. The fraction of sp³-hybridized carbons (Fsp3) is 0.500. The number of carbonyl (C=O) groups excluding carboxylic acids is 1. The van der Waals surface area contributed by atoms with Crippen LogP contribution >= 0.6 is 15.9 Å². The minimum Gasteiger partial charge on any atom is -0.338 e. The van der Waals surface area contributed by atoms with Crippen molar-refractivity contribution in [3.8, 4) is 0 Å². The molecule has 0 spiro atoms. The molecule has 1 aliphatic rings. The summed E-state index contributed by atoms with van der Waals surface area (Å²) < 4.78 is 27.9. The Bertz CT molecular complexity index is 661. The number of hydrogen-bond acceptors (Lipinski definition) is 3. The molecule has 0 aliphatic carbocycles. The molecule has 116 valence electrons. The number of likely N-dealkylation sites (tertiary alicyclic amines) is 1. The number of hydrogen-bond donors (Lipinski definition) is 1. The molecule has 2 rings (SSSR count). The minimum absolute atomic E-state index is 0.101. The third-order valence-electron chi connectivity index (χ3n) is 3.06. The van der Waals surface area contributed by atoms with E-state index in [9.17, 15) is 13.2 Å². The van der Waals surface area contributed by atoms with Crippen LogP contribution in [-0.4, -0.2) is 37.9 Å². The van der Waals surface area contributed by atoms with Crippen LogP contribution in [0.3, 0.4) is 0 Å². The van der Waals surface area contributed by atoms with Crippen LogP contribution in [-0.2, 0) is 10.0 Å². The number of benzene rings is 1. The van der Waals surface area contributed by atoms with Crippen molar-refractivity contribution in [2.24, 2.45) is 0 Å². The fourth-order valence-corrected chi connectivity index (χ4v) is 3.85. The molecule has 5 nitrogen and oxygen atoms in total. The van der Waals surface area contributed by atoms with E-state index in [0.29, 0.717) is 10.0 Å². The molecule has 7 heteroatoms. The van der Waals surface area contributed by atoms with Gasteiger partial charge in [0.05, 0.1) is 10.5 Å². The maximum absolute atomic E-state index is 12.3. The SMILES string of the molecule is CC(C)(C)NS(=O)(=O)c1ccc(Br)c(C(=O)N2CCC2)c1. The Balaban J connectivity index is 2.36. The van der Waals surface area contributed by atoms with Crippen LogP contribution in [0.2, 0.25) is 0 Å². The van der Waals surface area contributed by atoms with Crippen molar-refractivity contribution in [2.45, 2.75) is 37.6 Å². The average Bonchev–Trinajstić information content (AvgIpc) is 2.23. The Labute approximate surface area is 133 Å². The summed E-state index contributed by atoms with van der Waals surface area (Å²) in [6.45, 7) is 6.77. The van der Waals surface area contributed by atoms with E-state index in [0.717, 1.165) is 19.5 Å². The molecule has 0 unspecified atom stereocenters. The Morgan fingerprint density at radius 3 is 2.38 bits per heavy atom. The molecule has 1 heterocycles. The van der Waals surface area contributed by atoms with Gasteiger partial charge in [-0.1, -0.05) is 0 Å². The van der Waals surface area contributed by atoms with Gasteiger partial charge in [-0.2, -0.15) is 0 Å². The van der Waals surface area contributed by atoms with E-state index >= 15 is 0 Å². The summed E-state index contributed by atoms with van der Waals surface area (Å²) >= 11 is 3.32. The maximum atomic E-state index is 12.3. The van der Waals surface area contributed by atoms with Crippen molar-refractivity contribution < 1.29 is 13.2 Å². The van der Waals surface area contributed by atoms with Crippen LogP contribution in [0.4, 0.5) is 0 Å². The highest BCUT2D eigenvalue weighted by Gasteiger charge is 2.27. The number of halogens is 1. The molecule has 0 bridgehead atoms. The summed E-state index contributed by atoms with van der Waals surface area (Å²) in [6, 6.07) is 4.52. The highest BCUT2D eigenvalue weighted by atomic mass is 79.9. The van der Waals surface area contributed by atoms with Crippen LogP contribution in [0, 0.1) is 0 Å². The molecule has 0 atom stereocenters. The van der Waals surface area contributed by atoms with Crippen LogP contribution < -0.4 is 4.72 Å². The molecule has 1 aromatic rings. The van der Waals surface area contributed by atoms with Crippen molar-refractivity contribution in [3.05, 3.63) is 28.2 Å². The fourth-order valence-electron chi connectivity index (χ4n) is 1.99. The lowest BCUT2D eigenvalue weighted by molar-refractivity contribution is 0.0650. The van der Waals surface area contributed by atoms with Gasteiger partial charge in [-0.3, -0.25) is 4.79 Å². The maximum Gasteiger partial charge on any atom is 0.255 e. The summed E-state index contributed by atoms with van der Waals surface area (Å²) in [4.78, 5) is 14.1. The molecular weight excluding hydrogens is 356 g/mol. The number of rotatable bonds is 3. The predicted molar refractivity (Wildman–Crippen MR) is 84.7 cm³/mol. The van der Waals surface area contributed by atoms with Crippen molar-refractivity contribution in [3.63, 3.8) is 0 Å². The molecule has 1 N–H and O–H groups in total. The van der Waals surface area contributed by atoms with Crippen LogP contribution in [0.15, 0.2) is 27.6 Å². The molecule has 1 fully saturated rings. The summed E-state index contributed by atoms with van der Waals surface area (Å²) in [5.74, 6) is -0.138. The van der Waals surface area contributed by atoms with E-state index in [1.807, 2.05) is 0 Å². The highest BCUT2D eigenvalue weighted by Crippen LogP contribution is 2.24. The Kier molecular flexibility index (Phi) is 4.46. The molecule has 1 saturated heterocycles. The lowest BCUT2D eigenvalue weighted by atomic mass is 10.1. The third kappa shape index (κ3) is 3.84. The summed E-state index contributed by atoms with van der Waals surface area (Å²) in [5, 5.41) is 0. The van der Waals surface area contributed by atoms with Gasteiger partial charge in [0, 0.05) is 23.1 Å². The predicted octanol–water partition coefficient (Wildman–Crippen LogP) is 2.37. The second kappa shape index (κ2) is 5.70. The first-order valence-electron chi connectivity index (χ1n) is 6.73. The van der Waals surface area contributed by atoms with E-state index in [2.05, 4.69) is 20.7 Å². The largest absolute Gasteiger partial charge is 0.338 e. The van der Waals surface area contributed by atoms with Gasteiger partial charge in [-0.15, -0.1) is 0 Å². The van der Waals surface area contributed by atoms with E-state index in [1.165, 1.54) is 12.1 Å². The Morgan fingerprint density at radius 1 is 1.29 bits per heavy atom. The van der Waals surface area contributed by atoms with Gasteiger partial charge in [-0.25, -0.2) is 13.1 Å². The molecule has 0 aromatic heterocycles. The average molecular weight is 375 g/mol. The summed E-state index contributed by atoms with van der Waals surface area (Å²) in [7, 11) is -3.65. The van der Waals surface area contributed by atoms with Gasteiger partial charge >= 0.3 is 0 Å². The molecule has 1 amide bonds. The molecular formula is C14H19BrN2O3S. The molecule has 0 saturated carbocycles. The number of nitrogens with one attached hydrogen (secondary N) is 1. The number of carbonyl (C=O) groups is 1. The highest BCUT2D eigenvalue weighted by molar-refractivity contribution is 9.10. The molecule has 1 aliphatic heterocycles. The van der Waals surface area contributed by atoms with Crippen molar-refractivity contribution in [1.29, 1.82) is 0 Å². The lowest BCUT2D eigenvalue weighted by Gasteiger charge is -2.31. The van der Waals surface area contributed by atoms with Gasteiger partial charge in [0.15, 0.2) is 0 Å². The van der Waals surface area contributed by atoms with Crippen LogP contribution in [0.5, 0.6) is 0 Å².